The molecule has 2 N–H and O–H groups in total. The van der Waals surface area contributed by atoms with E-state index < -0.39 is 5.91 Å². The first-order valence-electron chi connectivity index (χ1n) is 7.91. The van der Waals surface area contributed by atoms with Crippen LogP contribution in [0.4, 0.5) is 5.13 Å². The van der Waals surface area contributed by atoms with Gasteiger partial charge in [-0.25, -0.2) is 4.98 Å². The first kappa shape index (κ1) is 19.1. The number of benzene rings is 1. The number of carbonyl (C=O) groups excluding carboxylic acids is 2. The normalized spacial score (nSPS) is 10.5. The predicted molar refractivity (Wildman–Crippen MR) is 106 cm³/mol. The maximum absolute atomic E-state index is 12.1. The number of aryl methyl sites for hydroxylation is 1. The molecule has 0 radical (unpaired) electrons. The lowest BCUT2D eigenvalue weighted by atomic mass is 10.1. The molecule has 0 aliphatic heterocycles. The topological polar surface area (TPSA) is 93.5 Å². The van der Waals surface area contributed by atoms with Crippen molar-refractivity contribution in [1.82, 2.24) is 10.3 Å². The Balaban J connectivity index is 1.60. The van der Waals surface area contributed by atoms with Crippen molar-refractivity contribution in [2.45, 2.75) is 6.92 Å². The number of amides is 2. The van der Waals surface area contributed by atoms with Crippen LogP contribution in [0.5, 0.6) is 5.75 Å². The number of anilines is 1. The van der Waals surface area contributed by atoms with Crippen LogP contribution in [0.15, 0.2) is 45.5 Å². The Hall–Kier alpha value is -2.65. The average molecular weight is 450 g/mol. The molecule has 9 heteroatoms. The summed E-state index contributed by atoms with van der Waals surface area (Å²) in [5.41, 5.74) is 1.73. The third-order valence-electron chi connectivity index (χ3n) is 3.61. The summed E-state index contributed by atoms with van der Waals surface area (Å²) in [7, 11) is 1.61. The van der Waals surface area contributed by atoms with E-state index in [0.29, 0.717) is 9.80 Å². The molecule has 2 amide bonds. The molecule has 0 aliphatic carbocycles. The van der Waals surface area contributed by atoms with E-state index in [1.165, 1.54) is 17.4 Å². The molecule has 1 aromatic carbocycles. The van der Waals surface area contributed by atoms with Crippen molar-refractivity contribution >= 4 is 44.2 Å². The SMILES string of the molecule is COc1ccc(-c2nc(NC(=O)CNC(=O)c3ccc(Br)o3)sc2C)cc1. The highest BCUT2D eigenvalue weighted by molar-refractivity contribution is 9.10. The average Bonchev–Trinajstić information content (AvgIpc) is 3.25. The van der Waals surface area contributed by atoms with Crippen molar-refractivity contribution in [2.24, 2.45) is 0 Å². The van der Waals surface area contributed by atoms with Gasteiger partial charge in [0.15, 0.2) is 15.6 Å². The number of aromatic nitrogens is 1. The summed E-state index contributed by atoms with van der Waals surface area (Å²) in [5, 5.41) is 5.66. The minimum atomic E-state index is -0.468. The van der Waals surface area contributed by atoms with Crippen LogP contribution in [0.1, 0.15) is 15.4 Å². The van der Waals surface area contributed by atoms with E-state index in [9.17, 15) is 9.59 Å². The summed E-state index contributed by atoms with van der Waals surface area (Å²) >= 11 is 4.49. The predicted octanol–water partition coefficient (Wildman–Crippen LogP) is 3.85. The van der Waals surface area contributed by atoms with Crippen molar-refractivity contribution in [1.29, 1.82) is 0 Å². The van der Waals surface area contributed by atoms with Crippen molar-refractivity contribution in [3.05, 3.63) is 51.7 Å². The highest BCUT2D eigenvalue weighted by atomic mass is 79.9. The smallest absolute Gasteiger partial charge is 0.287 e. The Morgan fingerprint density at radius 2 is 1.96 bits per heavy atom. The number of ether oxygens (including phenoxy) is 1. The first-order chi connectivity index (χ1) is 13.0. The monoisotopic (exact) mass is 449 g/mol. The van der Waals surface area contributed by atoms with Gasteiger partial charge in [0, 0.05) is 10.4 Å². The van der Waals surface area contributed by atoms with Crippen molar-refractivity contribution in [2.75, 3.05) is 19.0 Å². The van der Waals surface area contributed by atoms with Crippen LogP contribution in [0.3, 0.4) is 0 Å². The van der Waals surface area contributed by atoms with Crippen LogP contribution < -0.4 is 15.4 Å². The Bertz CT molecular complexity index is 965. The minimum absolute atomic E-state index is 0.126. The molecule has 0 spiro atoms. The van der Waals surface area contributed by atoms with Crippen LogP contribution in [0, 0.1) is 6.92 Å². The number of nitrogens with one attached hydrogen (secondary N) is 2. The molecular weight excluding hydrogens is 434 g/mol. The molecule has 0 fully saturated rings. The summed E-state index contributed by atoms with van der Waals surface area (Å²) in [6, 6.07) is 10.7. The van der Waals surface area contributed by atoms with Crippen LogP contribution in [-0.4, -0.2) is 30.5 Å². The lowest BCUT2D eigenvalue weighted by Gasteiger charge is -2.03. The summed E-state index contributed by atoms with van der Waals surface area (Å²) < 4.78 is 10.7. The number of thiazole rings is 1. The van der Waals surface area contributed by atoms with Gasteiger partial charge in [0.1, 0.15) is 5.75 Å². The van der Waals surface area contributed by atoms with E-state index in [-0.39, 0.29) is 18.2 Å². The molecule has 2 heterocycles. The fourth-order valence-electron chi connectivity index (χ4n) is 2.31. The Morgan fingerprint density at radius 1 is 1.22 bits per heavy atom. The minimum Gasteiger partial charge on any atom is -0.497 e. The zero-order chi connectivity index (χ0) is 19.4. The summed E-state index contributed by atoms with van der Waals surface area (Å²) in [6.07, 6.45) is 0. The number of hydrogen-bond donors (Lipinski definition) is 2. The van der Waals surface area contributed by atoms with E-state index in [1.807, 2.05) is 31.2 Å². The summed E-state index contributed by atoms with van der Waals surface area (Å²) in [6.45, 7) is 1.75. The Labute approximate surface area is 167 Å². The van der Waals surface area contributed by atoms with Crippen LogP contribution >= 0.6 is 27.3 Å². The number of hydrogen-bond acceptors (Lipinski definition) is 6. The molecule has 2 aromatic heterocycles. The van der Waals surface area contributed by atoms with Gasteiger partial charge in [-0.15, -0.1) is 11.3 Å². The van der Waals surface area contributed by atoms with E-state index in [2.05, 4.69) is 31.5 Å². The van der Waals surface area contributed by atoms with Gasteiger partial charge >= 0.3 is 0 Å². The van der Waals surface area contributed by atoms with Crippen LogP contribution in [0.2, 0.25) is 0 Å². The van der Waals surface area contributed by atoms with Crippen molar-refractivity contribution < 1.29 is 18.7 Å². The summed E-state index contributed by atoms with van der Waals surface area (Å²) in [4.78, 5) is 29.4. The number of carbonyl (C=O) groups is 2. The van der Waals surface area contributed by atoms with Gasteiger partial charge in [-0.2, -0.15) is 0 Å². The zero-order valence-corrected chi connectivity index (χ0v) is 16.9. The van der Waals surface area contributed by atoms with Gasteiger partial charge in [-0.1, -0.05) is 0 Å². The molecule has 0 unspecified atom stereocenters. The van der Waals surface area contributed by atoms with E-state index in [1.54, 1.807) is 13.2 Å². The highest BCUT2D eigenvalue weighted by Gasteiger charge is 2.15. The number of halogens is 1. The highest BCUT2D eigenvalue weighted by Crippen LogP contribution is 2.31. The second-order valence-electron chi connectivity index (χ2n) is 5.49. The molecule has 140 valence electrons. The van der Waals surface area contributed by atoms with Crippen molar-refractivity contribution in [3.63, 3.8) is 0 Å². The largest absolute Gasteiger partial charge is 0.497 e. The van der Waals surface area contributed by atoms with Gasteiger partial charge in [-0.3, -0.25) is 9.59 Å². The third kappa shape index (κ3) is 4.75. The molecule has 7 nitrogen and oxygen atoms in total. The molecule has 3 aromatic rings. The number of furan rings is 1. The molecule has 0 saturated carbocycles. The maximum atomic E-state index is 12.1. The molecular formula is C18H16BrN3O4S. The lowest BCUT2D eigenvalue weighted by molar-refractivity contribution is -0.115. The number of methoxy groups -OCH3 is 1. The molecule has 3 rings (SSSR count). The standard InChI is InChI=1S/C18H16BrN3O4S/c1-10-16(11-3-5-12(25-2)6-4-11)22-18(27-10)21-15(23)9-20-17(24)13-7-8-14(19)26-13/h3-8H,9H2,1-2H3,(H,20,24)(H,21,22,23). The quantitative estimate of drug-likeness (QED) is 0.595. The van der Waals surface area contributed by atoms with E-state index in [4.69, 9.17) is 9.15 Å². The molecule has 0 saturated heterocycles. The first-order valence-corrected chi connectivity index (χ1v) is 9.52. The molecule has 0 aliphatic rings. The summed E-state index contributed by atoms with van der Waals surface area (Å²) in [5.74, 6) is 0.0511. The maximum Gasteiger partial charge on any atom is 0.287 e. The Kier molecular flexibility index (Phi) is 5.92. The van der Waals surface area contributed by atoms with Gasteiger partial charge < -0.3 is 19.8 Å². The second kappa shape index (κ2) is 8.36. The van der Waals surface area contributed by atoms with Gasteiger partial charge in [-0.05, 0) is 59.3 Å². The molecule has 27 heavy (non-hydrogen) atoms. The lowest BCUT2D eigenvalue weighted by Crippen LogP contribution is -2.32. The van der Waals surface area contributed by atoms with E-state index >= 15 is 0 Å². The fraction of sp³-hybridized carbons (Fsp3) is 0.167. The van der Waals surface area contributed by atoms with Gasteiger partial charge in [0.05, 0.1) is 19.3 Å². The van der Waals surface area contributed by atoms with Gasteiger partial charge in [0.25, 0.3) is 5.91 Å². The Morgan fingerprint density at radius 3 is 2.59 bits per heavy atom. The fourth-order valence-corrected chi connectivity index (χ4v) is 3.47. The third-order valence-corrected chi connectivity index (χ3v) is 4.93. The zero-order valence-electron chi connectivity index (χ0n) is 14.5. The number of rotatable bonds is 6. The van der Waals surface area contributed by atoms with Crippen LogP contribution in [-0.2, 0) is 4.79 Å². The van der Waals surface area contributed by atoms with Crippen molar-refractivity contribution in [3.8, 4) is 17.0 Å². The van der Waals surface area contributed by atoms with Gasteiger partial charge in [0.2, 0.25) is 5.91 Å². The second-order valence-corrected chi connectivity index (χ2v) is 7.47. The molecule has 0 bridgehead atoms. The van der Waals surface area contributed by atoms with E-state index in [0.717, 1.165) is 21.9 Å². The van der Waals surface area contributed by atoms with Crippen LogP contribution in [0.25, 0.3) is 11.3 Å². The molecule has 0 atom stereocenters. The number of nitrogens with zero attached hydrogens (tertiary/aromatic N) is 1.